The second kappa shape index (κ2) is 7.45. The Kier molecular flexibility index (Phi) is 5.56. The molecule has 2 aromatic rings. The number of hydrogen-bond acceptors (Lipinski definition) is 5. The summed E-state index contributed by atoms with van der Waals surface area (Å²) in [4.78, 5) is 30.9. The molecule has 0 aromatic carbocycles. The Hall–Kier alpha value is -1.57. The molecule has 1 aliphatic rings. The van der Waals surface area contributed by atoms with Gasteiger partial charge in [-0.15, -0.1) is 0 Å². The number of aromatic nitrogens is 2. The average Bonchev–Trinajstić information content (AvgIpc) is 2.99. The Morgan fingerprint density at radius 2 is 1.81 bits per heavy atom. The van der Waals surface area contributed by atoms with Gasteiger partial charge in [-0.2, -0.15) is 0 Å². The van der Waals surface area contributed by atoms with Gasteiger partial charge in [0.25, 0.3) is 0 Å². The van der Waals surface area contributed by atoms with Crippen molar-refractivity contribution in [3.05, 3.63) is 24.3 Å². The van der Waals surface area contributed by atoms with Crippen LogP contribution in [0.15, 0.2) is 24.3 Å². The van der Waals surface area contributed by atoms with Crippen LogP contribution in [0.3, 0.4) is 0 Å². The van der Waals surface area contributed by atoms with Gasteiger partial charge in [-0.3, -0.25) is 0 Å². The van der Waals surface area contributed by atoms with E-state index in [0.29, 0.717) is 0 Å². The van der Waals surface area contributed by atoms with E-state index in [0.717, 1.165) is 36.4 Å². The molecule has 0 radical (unpaired) electrons. The molecule has 1 amide bonds. The van der Waals surface area contributed by atoms with E-state index < -0.39 is 24.0 Å². The Bertz CT molecular complexity index is 842. The Morgan fingerprint density at radius 3 is 2.48 bits per heavy atom. The summed E-state index contributed by atoms with van der Waals surface area (Å²) in [7, 11) is 0. The molecule has 6 nitrogen and oxygen atoms in total. The first-order valence-electron chi connectivity index (χ1n) is 9.54. The van der Waals surface area contributed by atoms with Gasteiger partial charge in [-0.1, -0.05) is 0 Å². The Balaban J connectivity index is 1.68. The fourth-order valence-electron chi connectivity index (χ4n) is 3.15. The summed E-state index contributed by atoms with van der Waals surface area (Å²) in [6, 6.07) is 8.41. The summed E-state index contributed by atoms with van der Waals surface area (Å²) in [5.41, 5.74) is 1.41. The average molecular weight is 477 g/mol. The SMILES string of the molecule is CC(C)(C)OC(=O)NC1CCN(c2ccc3n[c]([Sn]([CH3])([CH3])[CH3])ccc3n2)C1. The van der Waals surface area contributed by atoms with Crippen LogP contribution >= 0.6 is 0 Å². The van der Waals surface area contributed by atoms with Crippen LogP contribution in [-0.2, 0) is 4.74 Å². The molecule has 2 aromatic heterocycles. The second-order valence-corrected chi connectivity index (χ2v) is 23.5. The summed E-state index contributed by atoms with van der Waals surface area (Å²) in [5.74, 6) is 0.935. The van der Waals surface area contributed by atoms with E-state index in [9.17, 15) is 4.79 Å². The van der Waals surface area contributed by atoms with Gasteiger partial charge in [0.05, 0.1) is 0 Å². The van der Waals surface area contributed by atoms with Gasteiger partial charge >= 0.3 is 139 Å². The number of anilines is 1. The molecule has 0 saturated carbocycles. The minimum absolute atomic E-state index is 0.0767. The zero-order valence-electron chi connectivity index (χ0n) is 17.2. The van der Waals surface area contributed by atoms with E-state index >= 15 is 0 Å². The maximum absolute atomic E-state index is 12.0. The third kappa shape index (κ3) is 5.24. The first-order chi connectivity index (χ1) is 12.5. The zero-order valence-corrected chi connectivity index (χ0v) is 20.0. The molecule has 1 saturated heterocycles. The molecule has 0 aliphatic carbocycles. The number of alkyl carbamates (subject to hydrolysis) is 1. The van der Waals surface area contributed by atoms with Gasteiger partial charge in [0.2, 0.25) is 0 Å². The number of pyridine rings is 2. The molecule has 3 heterocycles. The van der Waals surface area contributed by atoms with Gasteiger partial charge in [-0.05, 0) is 20.8 Å². The van der Waals surface area contributed by atoms with Gasteiger partial charge in [0.15, 0.2) is 0 Å². The number of fused-ring (bicyclic) bond motifs is 1. The van der Waals surface area contributed by atoms with Crippen LogP contribution < -0.4 is 13.9 Å². The predicted molar refractivity (Wildman–Crippen MR) is 113 cm³/mol. The van der Waals surface area contributed by atoms with Gasteiger partial charge in [-0.25, -0.2) is 0 Å². The van der Waals surface area contributed by atoms with Crippen LogP contribution in [0.5, 0.6) is 0 Å². The summed E-state index contributed by atoms with van der Waals surface area (Å²) >= 11 is -2.18. The van der Waals surface area contributed by atoms with Crippen molar-refractivity contribution in [1.29, 1.82) is 0 Å². The zero-order chi connectivity index (χ0) is 19.8. The molecule has 3 rings (SSSR count). The molecular weight excluding hydrogens is 447 g/mol. The van der Waals surface area contributed by atoms with Crippen molar-refractivity contribution in [3.63, 3.8) is 0 Å². The first kappa shape index (κ1) is 20.2. The fraction of sp³-hybridized carbons (Fsp3) is 0.550. The second-order valence-electron chi connectivity index (χ2n) is 9.23. The number of hydrogen-bond donors (Lipinski definition) is 1. The predicted octanol–water partition coefficient (Wildman–Crippen LogP) is 3.28. The third-order valence-electron chi connectivity index (χ3n) is 4.53. The summed E-state index contributed by atoms with van der Waals surface area (Å²) in [5, 5.41) is 2.96. The van der Waals surface area contributed by atoms with Crippen LogP contribution in [0.25, 0.3) is 11.0 Å². The molecule has 1 unspecified atom stereocenters. The van der Waals surface area contributed by atoms with E-state index in [-0.39, 0.29) is 12.1 Å². The summed E-state index contributed by atoms with van der Waals surface area (Å²) in [6.45, 7) is 7.21. The Morgan fingerprint density at radius 1 is 1.15 bits per heavy atom. The maximum atomic E-state index is 12.0. The number of nitrogens with one attached hydrogen (secondary N) is 1. The number of carbonyl (C=O) groups is 1. The van der Waals surface area contributed by atoms with Crippen molar-refractivity contribution in [2.24, 2.45) is 0 Å². The standard InChI is InChI=1S/C17H21N4O2.3CH3.Sn/c1-17(2,3)23-16(22)19-12-8-10-21(11-12)15-7-6-13-14(20-15)5-4-9-18-13;;;;/h4-7,12H,8,10-11H2,1-3H3,(H,19,22);3*1H3;. The molecule has 0 spiro atoms. The van der Waals surface area contributed by atoms with Crippen LogP contribution in [-0.4, -0.2) is 59.2 Å². The molecule has 1 aliphatic heterocycles. The van der Waals surface area contributed by atoms with Crippen LogP contribution in [0, 0.1) is 0 Å². The molecular formula is C20H30N4O2Sn. The fourth-order valence-corrected chi connectivity index (χ4v) is 6.12. The van der Waals surface area contributed by atoms with Crippen molar-refractivity contribution in [2.45, 2.75) is 53.7 Å². The molecule has 7 heteroatoms. The van der Waals surface area contributed by atoms with Crippen molar-refractivity contribution in [1.82, 2.24) is 15.3 Å². The molecule has 146 valence electrons. The molecule has 1 N–H and O–H groups in total. The monoisotopic (exact) mass is 478 g/mol. The van der Waals surface area contributed by atoms with E-state index in [4.69, 9.17) is 14.7 Å². The topological polar surface area (TPSA) is 67.3 Å². The quantitative estimate of drug-likeness (QED) is 0.688. The van der Waals surface area contributed by atoms with E-state index in [1.807, 2.05) is 26.8 Å². The number of amides is 1. The van der Waals surface area contributed by atoms with Crippen molar-refractivity contribution in [2.75, 3.05) is 18.0 Å². The van der Waals surface area contributed by atoms with Crippen LogP contribution in [0.1, 0.15) is 27.2 Å². The van der Waals surface area contributed by atoms with Gasteiger partial charge in [0, 0.05) is 0 Å². The van der Waals surface area contributed by atoms with Crippen molar-refractivity contribution >= 4 is 45.0 Å². The van der Waals surface area contributed by atoms with Crippen LogP contribution in [0.2, 0.25) is 14.8 Å². The third-order valence-corrected chi connectivity index (χ3v) is 9.71. The minimum atomic E-state index is -2.18. The van der Waals surface area contributed by atoms with E-state index in [2.05, 4.69) is 43.2 Å². The molecule has 1 fully saturated rings. The number of ether oxygens (including phenoxy) is 1. The molecule has 0 bridgehead atoms. The molecule has 27 heavy (non-hydrogen) atoms. The summed E-state index contributed by atoms with van der Waals surface area (Å²) in [6.07, 6.45) is 0.528. The van der Waals surface area contributed by atoms with Crippen molar-refractivity contribution in [3.8, 4) is 0 Å². The number of nitrogens with zero attached hydrogens (tertiary/aromatic N) is 3. The van der Waals surface area contributed by atoms with E-state index in [1.54, 1.807) is 0 Å². The Labute approximate surface area is 165 Å². The first-order valence-corrected chi connectivity index (χ1v) is 19.5. The van der Waals surface area contributed by atoms with Gasteiger partial charge < -0.3 is 0 Å². The van der Waals surface area contributed by atoms with E-state index in [1.165, 1.54) is 3.71 Å². The van der Waals surface area contributed by atoms with Crippen LogP contribution in [0.4, 0.5) is 10.6 Å². The van der Waals surface area contributed by atoms with Gasteiger partial charge in [0.1, 0.15) is 5.60 Å². The normalized spacial score (nSPS) is 18.0. The number of carbonyl (C=O) groups excluding carboxylic acids is 1. The number of rotatable bonds is 3. The molecule has 1 atom stereocenters. The summed E-state index contributed by atoms with van der Waals surface area (Å²) < 4.78 is 6.62. The van der Waals surface area contributed by atoms with Crippen molar-refractivity contribution < 1.29 is 9.53 Å².